The maximum absolute atomic E-state index is 12.7. The number of phosphoric acid groups is 3. The van der Waals surface area contributed by atoms with Crippen LogP contribution in [0.2, 0.25) is 0 Å². The van der Waals surface area contributed by atoms with Gasteiger partial charge in [-0.3, -0.25) is 37.3 Å². The maximum atomic E-state index is 12.7. The number of aromatic nitrogens is 4. The van der Waals surface area contributed by atoms with E-state index in [0.717, 1.165) is 17.2 Å². The average molecular weight is 910 g/mol. The molecule has 2 aromatic heterocycles. The van der Waals surface area contributed by atoms with Crippen LogP contribution >= 0.6 is 35.2 Å². The molecule has 31 heteroatoms. The number of ether oxygens (including phenoxy) is 1. The maximum Gasteiger partial charge on any atom is 0.481 e. The van der Waals surface area contributed by atoms with Gasteiger partial charge in [-0.15, -0.1) is 0 Å². The zero-order valence-electron chi connectivity index (χ0n) is 30.6. The van der Waals surface area contributed by atoms with Gasteiger partial charge >= 0.3 is 29.4 Å². The number of carboxylic acids is 1. The van der Waals surface area contributed by atoms with Crippen molar-refractivity contribution >= 4 is 75.1 Å². The standard InChI is InChI=1S/C27H42N7O20P3S/c1-13(8-16(36)37)18(38)26(42)58-7-6-29-15(35)4-5-30-24(41)21(40)27(2,3)10-51-57(48,49)54-56(46,47)50-9-14-20(53-55(43,44)45)19(39)25(52-14)34-12-33-17-22(28)31-11-32-23(17)34/h11-12,14,19-21,25,38-40H,4-10H2,1-3H3,(H,29,35)(H,30,41)(H,36,37)(H,46,47)(H,48,49)(H2,28,31,32)(H2,43,44,45)/t14-,19-,20-,21+,25-/m1/s1. The smallest absolute Gasteiger partial charge is 0.481 e. The molecule has 0 aromatic carbocycles. The molecule has 326 valence electrons. The van der Waals surface area contributed by atoms with Gasteiger partial charge in [0.1, 0.15) is 36.3 Å². The van der Waals surface area contributed by atoms with Gasteiger partial charge in [0.25, 0.3) is 5.12 Å². The molecular formula is C27H42N7O20P3S. The van der Waals surface area contributed by atoms with E-state index in [0.29, 0.717) is 11.8 Å². The Morgan fingerprint density at radius 2 is 1.69 bits per heavy atom. The van der Waals surface area contributed by atoms with Crippen LogP contribution in [-0.2, 0) is 55.5 Å². The van der Waals surface area contributed by atoms with E-state index in [-0.39, 0.29) is 47.8 Å². The van der Waals surface area contributed by atoms with Gasteiger partial charge in [0, 0.05) is 30.7 Å². The topological polar surface area (TPSA) is 421 Å². The van der Waals surface area contributed by atoms with Gasteiger partial charge in [-0.1, -0.05) is 25.6 Å². The highest BCUT2D eigenvalue weighted by molar-refractivity contribution is 8.14. The van der Waals surface area contributed by atoms with Crippen molar-refractivity contribution < 1.29 is 95.5 Å². The third-order valence-corrected chi connectivity index (χ3v) is 11.7. The fourth-order valence-corrected chi connectivity index (χ4v) is 8.36. The average Bonchev–Trinajstić information content (AvgIpc) is 3.67. The Kier molecular flexibility index (Phi) is 17.1. The second kappa shape index (κ2) is 20.2. The van der Waals surface area contributed by atoms with E-state index in [1.54, 1.807) is 0 Å². The molecule has 1 aliphatic heterocycles. The number of nitrogen functional groups attached to an aromatic ring is 1. The van der Waals surface area contributed by atoms with Crippen LogP contribution in [0.4, 0.5) is 5.82 Å². The van der Waals surface area contributed by atoms with Crippen LogP contribution in [0.25, 0.3) is 11.2 Å². The van der Waals surface area contributed by atoms with E-state index in [9.17, 15) is 67.8 Å². The summed E-state index contributed by atoms with van der Waals surface area (Å²) in [4.78, 5) is 98.1. The predicted octanol–water partition coefficient (Wildman–Crippen LogP) is -1.03. The lowest BCUT2D eigenvalue weighted by Gasteiger charge is -2.30. The van der Waals surface area contributed by atoms with Crippen molar-refractivity contribution in [3.8, 4) is 0 Å². The number of anilines is 1. The Bertz CT molecular complexity index is 2010. The first-order valence-electron chi connectivity index (χ1n) is 16.4. The first kappa shape index (κ1) is 48.9. The van der Waals surface area contributed by atoms with Crippen LogP contribution in [0.5, 0.6) is 0 Å². The highest BCUT2D eigenvalue weighted by Crippen LogP contribution is 2.61. The van der Waals surface area contributed by atoms with Crippen molar-refractivity contribution in [2.24, 2.45) is 5.41 Å². The van der Waals surface area contributed by atoms with E-state index in [1.165, 1.54) is 20.8 Å². The van der Waals surface area contributed by atoms with Gasteiger partial charge in [0.05, 0.1) is 26.0 Å². The Morgan fingerprint density at radius 1 is 1.03 bits per heavy atom. The van der Waals surface area contributed by atoms with Crippen molar-refractivity contribution in [3.05, 3.63) is 24.0 Å². The number of imidazole rings is 1. The van der Waals surface area contributed by atoms with Gasteiger partial charge < -0.3 is 61.1 Å². The number of aliphatic hydroxyl groups is 3. The monoisotopic (exact) mass is 909 g/mol. The van der Waals surface area contributed by atoms with Crippen LogP contribution in [0.1, 0.15) is 39.8 Å². The number of aliphatic carboxylic acids is 1. The minimum Gasteiger partial charge on any atom is -0.504 e. The van der Waals surface area contributed by atoms with Gasteiger partial charge in [-0.25, -0.2) is 28.6 Å². The number of rotatable bonds is 22. The second-order valence-corrected chi connectivity index (χ2v) is 18.2. The largest absolute Gasteiger partial charge is 0.504 e. The molecule has 1 saturated heterocycles. The Morgan fingerprint density at radius 3 is 2.33 bits per heavy atom. The first-order valence-corrected chi connectivity index (χ1v) is 21.9. The number of amides is 2. The van der Waals surface area contributed by atoms with Gasteiger partial charge in [0.2, 0.25) is 11.8 Å². The van der Waals surface area contributed by atoms with Gasteiger partial charge in [0.15, 0.2) is 23.5 Å². The molecule has 3 rings (SSSR count). The fraction of sp³-hybridized carbons (Fsp3) is 0.593. The summed E-state index contributed by atoms with van der Waals surface area (Å²) in [5, 5.41) is 43.9. The van der Waals surface area contributed by atoms with Crippen LogP contribution in [0.3, 0.4) is 0 Å². The summed E-state index contributed by atoms with van der Waals surface area (Å²) in [5.74, 6) is -3.59. The van der Waals surface area contributed by atoms with Crippen LogP contribution in [-0.4, -0.2) is 139 Å². The van der Waals surface area contributed by atoms with Crippen LogP contribution in [0.15, 0.2) is 24.0 Å². The number of hydrogen-bond acceptors (Lipinski definition) is 20. The summed E-state index contributed by atoms with van der Waals surface area (Å²) in [6, 6.07) is 0. The number of carboxylic acid groups (broad SMARTS) is 1. The first-order chi connectivity index (χ1) is 26.7. The van der Waals surface area contributed by atoms with E-state index < -0.39 is 108 Å². The number of hydrogen-bond donors (Lipinski definition) is 11. The SMILES string of the molecule is CC(CC(=O)O)=C(O)C(=O)SCCNC(=O)CCNC(=O)[C@H](O)C(C)(C)COP(=O)(O)OP(=O)(O)OC[C@H]1O[C@@H](n2cnc3c(N)ncnc32)[C@H](O)[C@@H]1OP(=O)(O)O. The molecule has 12 N–H and O–H groups in total. The number of thioether (sulfide) groups is 1. The van der Waals surface area contributed by atoms with E-state index in [2.05, 4.69) is 34.4 Å². The highest BCUT2D eigenvalue weighted by atomic mass is 32.2. The van der Waals surface area contributed by atoms with Crippen molar-refractivity contribution in [2.45, 2.75) is 64.3 Å². The molecule has 2 unspecified atom stereocenters. The zero-order chi connectivity index (χ0) is 43.8. The number of nitrogens with two attached hydrogens (primary N) is 1. The molecule has 0 aliphatic carbocycles. The van der Waals surface area contributed by atoms with Crippen LogP contribution < -0.4 is 16.4 Å². The minimum absolute atomic E-state index is 0.0134. The second-order valence-electron chi connectivity index (χ2n) is 12.9. The minimum atomic E-state index is -5.60. The fourth-order valence-electron chi connectivity index (χ4n) is 4.83. The molecular weight excluding hydrogens is 867 g/mol. The normalized spacial score (nSPS) is 21.7. The molecule has 3 heterocycles. The molecule has 0 saturated carbocycles. The number of carbonyl (C=O) groups is 4. The lowest BCUT2D eigenvalue weighted by Crippen LogP contribution is -2.46. The molecule has 0 spiro atoms. The molecule has 0 radical (unpaired) electrons. The molecule has 2 amide bonds. The lowest BCUT2D eigenvalue weighted by atomic mass is 9.87. The predicted molar refractivity (Wildman–Crippen MR) is 195 cm³/mol. The van der Waals surface area contributed by atoms with Crippen molar-refractivity contribution in [3.63, 3.8) is 0 Å². The number of carbonyl (C=O) groups excluding carboxylic acids is 3. The summed E-state index contributed by atoms with van der Waals surface area (Å²) >= 11 is 0.633. The van der Waals surface area contributed by atoms with E-state index in [4.69, 9.17) is 24.6 Å². The third-order valence-electron chi connectivity index (χ3n) is 7.75. The van der Waals surface area contributed by atoms with E-state index >= 15 is 0 Å². The summed E-state index contributed by atoms with van der Waals surface area (Å²) in [5.41, 5.74) is 4.13. The van der Waals surface area contributed by atoms with Crippen molar-refractivity contribution in [1.29, 1.82) is 0 Å². The van der Waals surface area contributed by atoms with Gasteiger partial charge in [-0.05, 0) is 12.5 Å². The molecule has 1 fully saturated rings. The summed E-state index contributed by atoms with van der Waals surface area (Å²) in [6.45, 7) is 1.28. The third kappa shape index (κ3) is 14.4. The number of aliphatic hydroxyl groups excluding tert-OH is 3. The number of nitrogens with one attached hydrogen (secondary N) is 2. The number of nitrogens with zero attached hydrogens (tertiary/aromatic N) is 4. The number of fused-ring (bicyclic) bond motifs is 1. The quantitative estimate of drug-likeness (QED) is 0.0291. The van der Waals surface area contributed by atoms with Crippen LogP contribution in [0, 0.1) is 5.41 Å². The zero-order valence-corrected chi connectivity index (χ0v) is 34.1. The molecule has 2 aromatic rings. The van der Waals surface area contributed by atoms with Gasteiger partial charge in [-0.2, -0.15) is 4.31 Å². The Hall–Kier alpha value is -3.43. The highest BCUT2D eigenvalue weighted by Gasteiger charge is 2.50. The molecule has 58 heavy (non-hydrogen) atoms. The Labute approximate surface area is 331 Å². The number of phosphoric ester groups is 3. The summed E-state index contributed by atoms with van der Waals surface area (Å²) in [7, 11) is -16.5. The van der Waals surface area contributed by atoms with E-state index in [1.807, 2.05) is 0 Å². The molecule has 0 bridgehead atoms. The Balaban J connectivity index is 1.48. The lowest BCUT2D eigenvalue weighted by molar-refractivity contribution is -0.137. The summed E-state index contributed by atoms with van der Waals surface area (Å²) < 4.78 is 62.0. The molecule has 1 aliphatic rings. The molecule has 7 atom stereocenters. The van der Waals surface area contributed by atoms with Crippen molar-refractivity contribution in [1.82, 2.24) is 30.2 Å². The summed E-state index contributed by atoms with van der Waals surface area (Å²) in [6.07, 6.45) is -7.74. The van der Waals surface area contributed by atoms with Crippen molar-refractivity contribution in [2.75, 3.05) is 37.8 Å². The molecule has 27 nitrogen and oxygen atoms in total.